The second-order valence-corrected chi connectivity index (χ2v) is 5.00. The fraction of sp³-hybridized carbons (Fsp3) is 0.167. The summed E-state index contributed by atoms with van der Waals surface area (Å²) in [5.41, 5.74) is 2.57. The van der Waals surface area contributed by atoms with Crippen LogP contribution in [0.15, 0.2) is 54.7 Å². The first-order chi connectivity index (χ1) is 11.1. The Bertz CT molecular complexity index is 679. The summed E-state index contributed by atoms with van der Waals surface area (Å²) < 4.78 is 0. The maximum Gasteiger partial charge on any atom is 0.244 e. The van der Waals surface area contributed by atoms with Crippen LogP contribution >= 0.6 is 0 Å². The van der Waals surface area contributed by atoms with Crippen LogP contribution in [0.2, 0.25) is 0 Å². The fourth-order valence-corrected chi connectivity index (χ4v) is 1.97. The van der Waals surface area contributed by atoms with Crippen molar-refractivity contribution in [1.29, 1.82) is 0 Å². The number of nitrogens with one attached hydrogen (secondary N) is 2. The van der Waals surface area contributed by atoms with Crippen LogP contribution in [0.25, 0.3) is 6.08 Å². The maximum atomic E-state index is 11.7. The number of benzene rings is 1. The fourth-order valence-electron chi connectivity index (χ4n) is 1.97. The lowest BCUT2D eigenvalue weighted by Crippen LogP contribution is -2.23. The highest BCUT2D eigenvalue weighted by atomic mass is 16.2. The lowest BCUT2D eigenvalue weighted by atomic mass is 10.2. The standard InChI is InChI=1S/C18H19N3O2/c1-14(22)21-17-8-5-15(6-9-17)7-10-18(23)20-13-11-16-4-2-3-12-19-16/h2-10,12H,11,13H2,1H3,(H,20,23)(H,21,22)/b10-7+. The van der Waals surface area contributed by atoms with E-state index in [4.69, 9.17) is 0 Å². The summed E-state index contributed by atoms with van der Waals surface area (Å²) in [5.74, 6) is -0.257. The van der Waals surface area contributed by atoms with E-state index in [1.54, 1.807) is 24.4 Å². The van der Waals surface area contributed by atoms with Crippen LogP contribution in [0.4, 0.5) is 5.69 Å². The van der Waals surface area contributed by atoms with Gasteiger partial charge in [0, 0.05) is 43.5 Å². The molecular formula is C18H19N3O2. The van der Waals surface area contributed by atoms with Crippen molar-refractivity contribution in [3.63, 3.8) is 0 Å². The monoisotopic (exact) mass is 309 g/mol. The molecule has 0 bridgehead atoms. The second kappa shape index (κ2) is 8.48. The largest absolute Gasteiger partial charge is 0.352 e. The van der Waals surface area contributed by atoms with E-state index in [1.165, 1.54) is 13.0 Å². The number of carbonyl (C=O) groups excluding carboxylic acids is 2. The molecule has 1 heterocycles. The summed E-state index contributed by atoms with van der Waals surface area (Å²) in [7, 11) is 0. The molecule has 2 aromatic rings. The Morgan fingerprint density at radius 2 is 1.91 bits per heavy atom. The van der Waals surface area contributed by atoms with E-state index in [2.05, 4.69) is 15.6 Å². The quantitative estimate of drug-likeness (QED) is 0.805. The topological polar surface area (TPSA) is 71.1 Å². The van der Waals surface area contributed by atoms with Crippen molar-refractivity contribution < 1.29 is 9.59 Å². The molecule has 0 fully saturated rings. The minimum absolute atomic E-state index is 0.111. The van der Waals surface area contributed by atoms with Gasteiger partial charge in [-0.3, -0.25) is 14.6 Å². The van der Waals surface area contributed by atoms with E-state index in [1.807, 2.05) is 30.3 Å². The van der Waals surface area contributed by atoms with Crippen molar-refractivity contribution in [3.05, 3.63) is 66.0 Å². The number of hydrogen-bond donors (Lipinski definition) is 2. The summed E-state index contributed by atoms with van der Waals surface area (Å²) in [6, 6.07) is 13.0. The van der Waals surface area contributed by atoms with Crippen LogP contribution in [-0.2, 0) is 16.0 Å². The zero-order chi connectivity index (χ0) is 16.5. The van der Waals surface area contributed by atoms with Gasteiger partial charge < -0.3 is 10.6 Å². The van der Waals surface area contributed by atoms with Crippen molar-refractivity contribution in [2.24, 2.45) is 0 Å². The Balaban J connectivity index is 1.78. The third kappa shape index (κ3) is 6.13. The predicted molar refractivity (Wildman–Crippen MR) is 90.7 cm³/mol. The number of carbonyl (C=O) groups is 2. The van der Waals surface area contributed by atoms with Crippen LogP contribution in [0.3, 0.4) is 0 Å². The van der Waals surface area contributed by atoms with Gasteiger partial charge in [0.2, 0.25) is 11.8 Å². The normalized spacial score (nSPS) is 10.5. The summed E-state index contributed by atoms with van der Waals surface area (Å²) in [6.07, 6.45) is 5.66. The van der Waals surface area contributed by atoms with Crippen molar-refractivity contribution >= 4 is 23.6 Å². The van der Waals surface area contributed by atoms with E-state index >= 15 is 0 Å². The maximum absolute atomic E-state index is 11.7. The number of hydrogen-bond acceptors (Lipinski definition) is 3. The molecule has 23 heavy (non-hydrogen) atoms. The van der Waals surface area contributed by atoms with Gasteiger partial charge in [-0.15, -0.1) is 0 Å². The van der Waals surface area contributed by atoms with Gasteiger partial charge in [0.05, 0.1) is 0 Å². The Hall–Kier alpha value is -2.95. The Kier molecular flexibility index (Phi) is 6.06. The molecule has 0 aliphatic heterocycles. The number of rotatable bonds is 6. The minimum atomic E-state index is -0.146. The highest BCUT2D eigenvalue weighted by Crippen LogP contribution is 2.10. The summed E-state index contributed by atoms with van der Waals surface area (Å²) in [4.78, 5) is 26.9. The van der Waals surface area contributed by atoms with Crippen LogP contribution in [0.1, 0.15) is 18.2 Å². The van der Waals surface area contributed by atoms with Gasteiger partial charge in [0.25, 0.3) is 0 Å². The van der Waals surface area contributed by atoms with Crippen LogP contribution < -0.4 is 10.6 Å². The highest BCUT2D eigenvalue weighted by molar-refractivity contribution is 5.92. The van der Waals surface area contributed by atoms with Gasteiger partial charge in [0.15, 0.2) is 0 Å². The lowest BCUT2D eigenvalue weighted by Gasteiger charge is -2.03. The van der Waals surface area contributed by atoms with Gasteiger partial charge in [0.1, 0.15) is 0 Å². The number of nitrogens with zero attached hydrogens (tertiary/aromatic N) is 1. The molecule has 5 nitrogen and oxygen atoms in total. The molecule has 0 saturated heterocycles. The van der Waals surface area contributed by atoms with Gasteiger partial charge in [-0.25, -0.2) is 0 Å². The average molecular weight is 309 g/mol. The molecular weight excluding hydrogens is 290 g/mol. The van der Waals surface area contributed by atoms with Crippen LogP contribution in [0.5, 0.6) is 0 Å². The zero-order valence-corrected chi connectivity index (χ0v) is 13.0. The molecule has 0 unspecified atom stereocenters. The van der Waals surface area contributed by atoms with E-state index in [9.17, 15) is 9.59 Å². The van der Waals surface area contributed by atoms with Gasteiger partial charge in [-0.2, -0.15) is 0 Å². The molecule has 0 saturated carbocycles. The smallest absolute Gasteiger partial charge is 0.244 e. The van der Waals surface area contributed by atoms with Crippen molar-refractivity contribution in [2.45, 2.75) is 13.3 Å². The minimum Gasteiger partial charge on any atom is -0.352 e. The molecule has 0 aliphatic carbocycles. The Morgan fingerprint density at radius 1 is 1.13 bits per heavy atom. The number of aromatic nitrogens is 1. The third-order valence-corrected chi connectivity index (χ3v) is 3.06. The third-order valence-electron chi connectivity index (χ3n) is 3.06. The zero-order valence-electron chi connectivity index (χ0n) is 13.0. The Morgan fingerprint density at radius 3 is 2.57 bits per heavy atom. The van der Waals surface area contributed by atoms with Crippen LogP contribution in [0, 0.1) is 0 Å². The van der Waals surface area contributed by atoms with E-state index in [0.717, 1.165) is 16.9 Å². The second-order valence-electron chi connectivity index (χ2n) is 5.00. The highest BCUT2D eigenvalue weighted by Gasteiger charge is 1.98. The molecule has 1 aromatic heterocycles. The SMILES string of the molecule is CC(=O)Nc1ccc(/C=C/C(=O)NCCc2ccccn2)cc1. The number of pyridine rings is 1. The molecule has 5 heteroatoms. The summed E-state index contributed by atoms with van der Waals surface area (Å²) in [5, 5.41) is 5.51. The first-order valence-electron chi connectivity index (χ1n) is 7.37. The molecule has 0 atom stereocenters. The molecule has 2 rings (SSSR count). The van der Waals surface area contributed by atoms with E-state index in [0.29, 0.717) is 13.0 Å². The molecule has 118 valence electrons. The first kappa shape index (κ1) is 16.4. The molecule has 2 N–H and O–H groups in total. The number of amides is 2. The van der Waals surface area contributed by atoms with E-state index in [-0.39, 0.29) is 11.8 Å². The summed E-state index contributed by atoms with van der Waals surface area (Å²) >= 11 is 0. The molecule has 0 aliphatic rings. The lowest BCUT2D eigenvalue weighted by molar-refractivity contribution is -0.116. The first-order valence-corrected chi connectivity index (χ1v) is 7.37. The number of anilines is 1. The van der Waals surface area contributed by atoms with Crippen molar-refractivity contribution in [2.75, 3.05) is 11.9 Å². The van der Waals surface area contributed by atoms with E-state index < -0.39 is 0 Å². The molecule has 1 aromatic carbocycles. The van der Waals surface area contributed by atoms with Crippen LogP contribution in [-0.4, -0.2) is 23.3 Å². The van der Waals surface area contributed by atoms with Gasteiger partial charge in [-0.1, -0.05) is 18.2 Å². The molecule has 2 amide bonds. The van der Waals surface area contributed by atoms with Crippen molar-refractivity contribution in [3.8, 4) is 0 Å². The Labute approximate surface area is 135 Å². The predicted octanol–water partition coefficient (Wildman–Crippen LogP) is 2.41. The average Bonchev–Trinajstić information content (AvgIpc) is 2.55. The summed E-state index contributed by atoms with van der Waals surface area (Å²) in [6.45, 7) is 2.00. The molecule has 0 radical (unpaired) electrons. The van der Waals surface area contributed by atoms with Crippen molar-refractivity contribution in [1.82, 2.24) is 10.3 Å². The van der Waals surface area contributed by atoms with Gasteiger partial charge >= 0.3 is 0 Å². The van der Waals surface area contributed by atoms with Gasteiger partial charge in [-0.05, 0) is 35.9 Å². The molecule has 0 spiro atoms.